The molecule has 0 heterocycles. The maximum absolute atomic E-state index is 12.0. The Morgan fingerprint density at radius 3 is 2.59 bits per heavy atom. The van der Waals surface area contributed by atoms with Gasteiger partial charge in [0.1, 0.15) is 5.75 Å². The first-order chi connectivity index (χ1) is 12.9. The molecule has 0 radical (unpaired) electrons. The van der Waals surface area contributed by atoms with Crippen LogP contribution in [0, 0.1) is 0 Å². The van der Waals surface area contributed by atoms with Crippen molar-refractivity contribution >= 4 is 41.2 Å². The molecular weight excluding hydrogens is 389 g/mol. The number of para-hydroxylation sites is 1. The van der Waals surface area contributed by atoms with Crippen LogP contribution in [0.25, 0.3) is 6.08 Å². The fourth-order valence-corrected chi connectivity index (χ4v) is 2.60. The molecule has 2 aromatic carbocycles. The first-order valence-electron chi connectivity index (χ1n) is 8.13. The number of halogens is 2. The topological polar surface area (TPSA) is 64.6 Å². The lowest BCUT2D eigenvalue weighted by atomic mass is 10.1. The quantitative estimate of drug-likeness (QED) is 0.544. The average Bonchev–Trinajstić information content (AvgIpc) is 2.66. The van der Waals surface area contributed by atoms with Crippen molar-refractivity contribution in [2.24, 2.45) is 0 Å². The van der Waals surface area contributed by atoms with Crippen LogP contribution < -0.4 is 10.1 Å². The number of benzene rings is 2. The van der Waals surface area contributed by atoms with Crippen LogP contribution in [0.5, 0.6) is 5.75 Å². The number of nitrogens with one attached hydrogen (secondary N) is 1. The molecule has 0 bridgehead atoms. The maximum atomic E-state index is 12.0. The summed E-state index contributed by atoms with van der Waals surface area (Å²) >= 11 is 11.9. The molecule has 0 fully saturated rings. The lowest BCUT2D eigenvalue weighted by Crippen LogP contribution is -2.30. The van der Waals surface area contributed by atoms with Gasteiger partial charge in [0.15, 0.2) is 6.61 Å². The summed E-state index contributed by atoms with van der Waals surface area (Å²) < 4.78 is 10.1. The fourth-order valence-electron chi connectivity index (χ4n) is 2.29. The molecule has 2 rings (SSSR count). The van der Waals surface area contributed by atoms with Gasteiger partial charge in [0.05, 0.1) is 23.2 Å². The Morgan fingerprint density at radius 2 is 1.89 bits per heavy atom. The molecule has 0 aliphatic rings. The van der Waals surface area contributed by atoms with E-state index in [2.05, 4.69) is 5.32 Å². The Balaban J connectivity index is 1.84. The Kier molecular flexibility index (Phi) is 7.70. The van der Waals surface area contributed by atoms with Gasteiger partial charge in [0.25, 0.3) is 5.91 Å². The molecule has 1 amide bonds. The molecule has 1 atom stereocenters. The predicted octanol–water partition coefficient (Wildman–Crippen LogP) is 4.44. The Morgan fingerprint density at radius 1 is 1.15 bits per heavy atom. The second-order valence-electron chi connectivity index (χ2n) is 5.65. The van der Waals surface area contributed by atoms with Gasteiger partial charge in [0.2, 0.25) is 0 Å². The molecule has 5 nitrogen and oxygen atoms in total. The second-order valence-corrected chi connectivity index (χ2v) is 6.46. The molecule has 0 unspecified atom stereocenters. The van der Waals surface area contributed by atoms with E-state index in [1.807, 2.05) is 12.1 Å². The molecule has 27 heavy (non-hydrogen) atoms. The van der Waals surface area contributed by atoms with Gasteiger partial charge in [-0.2, -0.15) is 0 Å². The van der Waals surface area contributed by atoms with Gasteiger partial charge in [-0.25, -0.2) is 4.79 Å². The number of hydrogen-bond acceptors (Lipinski definition) is 4. The van der Waals surface area contributed by atoms with E-state index in [9.17, 15) is 9.59 Å². The van der Waals surface area contributed by atoms with Crippen LogP contribution in [-0.4, -0.2) is 25.6 Å². The number of carbonyl (C=O) groups is 2. The Bertz CT molecular complexity index is 852. The molecule has 1 N–H and O–H groups in total. The van der Waals surface area contributed by atoms with Gasteiger partial charge in [-0.15, -0.1) is 0 Å². The summed E-state index contributed by atoms with van der Waals surface area (Å²) in [7, 11) is 1.55. The fraction of sp³-hybridized carbons (Fsp3) is 0.200. The number of rotatable bonds is 7. The maximum Gasteiger partial charge on any atom is 0.331 e. The molecule has 0 spiro atoms. The summed E-state index contributed by atoms with van der Waals surface area (Å²) in [5.41, 5.74) is 1.52. The van der Waals surface area contributed by atoms with Gasteiger partial charge in [0, 0.05) is 11.6 Å². The van der Waals surface area contributed by atoms with Crippen molar-refractivity contribution < 1.29 is 19.1 Å². The highest BCUT2D eigenvalue weighted by atomic mass is 35.5. The van der Waals surface area contributed by atoms with Crippen LogP contribution in [0.15, 0.2) is 48.5 Å². The van der Waals surface area contributed by atoms with Crippen LogP contribution in [0.3, 0.4) is 0 Å². The Labute approximate surface area is 167 Å². The zero-order chi connectivity index (χ0) is 19.8. The van der Waals surface area contributed by atoms with E-state index in [4.69, 9.17) is 32.7 Å². The lowest BCUT2D eigenvalue weighted by Gasteiger charge is -2.14. The first kappa shape index (κ1) is 20.8. The molecule has 0 aliphatic carbocycles. The summed E-state index contributed by atoms with van der Waals surface area (Å²) in [6, 6.07) is 12.0. The van der Waals surface area contributed by atoms with E-state index in [1.54, 1.807) is 50.4 Å². The molecular formula is C20H19Cl2NO4. The monoisotopic (exact) mass is 407 g/mol. The Hall–Kier alpha value is -2.50. The third-order valence-electron chi connectivity index (χ3n) is 3.70. The zero-order valence-corrected chi connectivity index (χ0v) is 16.4. The van der Waals surface area contributed by atoms with Crippen molar-refractivity contribution in [3.05, 3.63) is 69.7 Å². The van der Waals surface area contributed by atoms with E-state index in [0.29, 0.717) is 15.8 Å². The minimum Gasteiger partial charge on any atom is -0.496 e. The van der Waals surface area contributed by atoms with Crippen LogP contribution >= 0.6 is 23.2 Å². The lowest BCUT2D eigenvalue weighted by molar-refractivity contribution is -0.144. The number of carbonyl (C=O) groups excluding carboxylic acids is 2. The SMILES string of the molecule is COc1ccccc1/C=C/C(=O)OCC(=O)N[C@H](C)c1ccc(Cl)c(Cl)c1. The third-order valence-corrected chi connectivity index (χ3v) is 4.44. The number of esters is 1. The first-order valence-corrected chi connectivity index (χ1v) is 8.88. The molecule has 2 aromatic rings. The minimum absolute atomic E-state index is 0.310. The van der Waals surface area contributed by atoms with E-state index < -0.39 is 11.9 Å². The summed E-state index contributed by atoms with van der Waals surface area (Å²) in [5.74, 6) is -0.416. The average molecular weight is 408 g/mol. The van der Waals surface area contributed by atoms with Gasteiger partial charge < -0.3 is 14.8 Å². The number of amides is 1. The summed E-state index contributed by atoms with van der Waals surface area (Å²) in [5, 5.41) is 3.57. The molecule has 0 aliphatic heterocycles. The zero-order valence-electron chi connectivity index (χ0n) is 14.9. The van der Waals surface area contributed by atoms with Crippen molar-refractivity contribution in [3.63, 3.8) is 0 Å². The van der Waals surface area contributed by atoms with Crippen molar-refractivity contribution in [1.82, 2.24) is 5.32 Å². The van der Waals surface area contributed by atoms with E-state index in [-0.39, 0.29) is 12.6 Å². The van der Waals surface area contributed by atoms with Crippen molar-refractivity contribution in [2.45, 2.75) is 13.0 Å². The highest BCUT2D eigenvalue weighted by Gasteiger charge is 2.12. The molecule has 142 valence electrons. The van der Waals surface area contributed by atoms with Crippen LogP contribution in [0.2, 0.25) is 10.0 Å². The van der Waals surface area contributed by atoms with E-state index >= 15 is 0 Å². The van der Waals surface area contributed by atoms with Gasteiger partial charge in [-0.1, -0.05) is 47.5 Å². The number of methoxy groups -OCH3 is 1. The molecule has 0 aromatic heterocycles. The van der Waals surface area contributed by atoms with Crippen LogP contribution in [0.4, 0.5) is 0 Å². The highest BCUT2D eigenvalue weighted by Crippen LogP contribution is 2.25. The van der Waals surface area contributed by atoms with Crippen LogP contribution in [0.1, 0.15) is 24.1 Å². The largest absolute Gasteiger partial charge is 0.496 e. The number of hydrogen-bond donors (Lipinski definition) is 1. The summed E-state index contributed by atoms with van der Waals surface area (Å²) in [6.07, 6.45) is 2.81. The summed E-state index contributed by atoms with van der Waals surface area (Å²) in [6.45, 7) is 1.40. The predicted molar refractivity (Wildman–Crippen MR) is 106 cm³/mol. The highest BCUT2D eigenvalue weighted by molar-refractivity contribution is 6.42. The van der Waals surface area contributed by atoms with Crippen molar-refractivity contribution in [1.29, 1.82) is 0 Å². The smallest absolute Gasteiger partial charge is 0.331 e. The van der Waals surface area contributed by atoms with E-state index in [1.165, 1.54) is 6.08 Å². The van der Waals surface area contributed by atoms with Gasteiger partial charge >= 0.3 is 5.97 Å². The standard InChI is InChI=1S/C20H19Cl2NO4/c1-13(15-7-9-16(21)17(22)11-15)23-19(24)12-27-20(25)10-8-14-5-3-4-6-18(14)26-2/h3-11,13H,12H2,1-2H3,(H,23,24)/b10-8+/t13-/m1/s1. The van der Waals surface area contributed by atoms with Crippen molar-refractivity contribution in [3.8, 4) is 5.75 Å². The normalized spacial score (nSPS) is 11.9. The number of ether oxygens (including phenoxy) is 2. The molecule has 7 heteroatoms. The third kappa shape index (κ3) is 6.31. The van der Waals surface area contributed by atoms with Gasteiger partial charge in [-0.3, -0.25) is 4.79 Å². The summed E-state index contributed by atoms with van der Waals surface area (Å²) in [4.78, 5) is 23.8. The molecule has 0 saturated heterocycles. The van der Waals surface area contributed by atoms with Crippen molar-refractivity contribution in [2.75, 3.05) is 13.7 Å². The second kappa shape index (κ2) is 10.00. The molecule has 0 saturated carbocycles. The minimum atomic E-state index is -0.627. The van der Waals surface area contributed by atoms with Gasteiger partial charge in [-0.05, 0) is 36.8 Å². The van der Waals surface area contributed by atoms with Crippen LogP contribution in [-0.2, 0) is 14.3 Å². The van der Waals surface area contributed by atoms with E-state index in [0.717, 1.165) is 11.1 Å².